The SMILES string of the molecule is c1n[nH]cc1CN1CCc2nc(C3CCCCC3)ncc2C1. The fraction of sp³-hybridized carbons (Fsp3) is 0.588. The van der Waals surface area contributed by atoms with Crippen LogP contribution in [0, 0.1) is 0 Å². The Kier molecular flexibility index (Phi) is 3.89. The molecular formula is C17H23N5. The molecule has 1 N–H and O–H groups in total. The van der Waals surface area contributed by atoms with Crippen molar-refractivity contribution < 1.29 is 0 Å². The van der Waals surface area contributed by atoms with Gasteiger partial charge in [-0.25, -0.2) is 9.97 Å². The molecule has 5 heteroatoms. The molecule has 1 aliphatic heterocycles. The molecule has 0 atom stereocenters. The lowest BCUT2D eigenvalue weighted by Crippen LogP contribution is -2.31. The zero-order chi connectivity index (χ0) is 14.8. The van der Waals surface area contributed by atoms with Crippen molar-refractivity contribution in [2.24, 2.45) is 0 Å². The number of nitrogens with one attached hydrogen (secondary N) is 1. The molecule has 0 aromatic carbocycles. The van der Waals surface area contributed by atoms with Crippen LogP contribution in [0.25, 0.3) is 0 Å². The Bertz CT molecular complexity index is 616. The summed E-state index contributed by atoms with van der Waals surface area (Å²) in [4.78, 5) is 12.0. The number of hydrogen-bond donors (Lipinski definition) is 1. The molecule has 4 rings (SSSR count). The van der Waals surface area contributed by atoms with Crippen LogP contribution in [0.2, 0.25) is 0 Å². The van der Waals surface area contributed by atoms with E-state index in [9.17, 15) is 0 Å². The molecule has 0 radical (unpaired) electrons. The van der Waals surface area contributed by atoms with E-state index in [1.54, 1.807) is 0 Å². The quantitative estimate of drug-likeness (QED) is 0.946. The van der Waals surface area contributed by atoms with Crippen LogP contribution in [0.4, 0.5) is 0 Å². The lowest BCUT2D eigenvalue weighted by atomic mass is 9.88. The summed E-state index contributed by atoms with van der Waals surface area (Å²) >= 11 is 0. The summed E-state index contributed by atoms with van der Waals surface area (Å²) in [7, 11) is 0. The molecule has 0 amide bonds. The average molecular weight is 297 g/mol. The van der Waals surface area contributed by atoms with Crippen molar-refractivity contribution in [3.8, 4) is 0 Å². The minimum absolute atomic E-state index is 0.600. The van der Waals surface area contributed by atoms with Gasteiger partial charge in [-0.05, 0) is 12.8 Å². The number of aromatic amines is 1. The molecule has 22 heavy (non-hydrogen) atoms. The van der Waals surface area contributed by atoms with Gasteiger partial charge in [0.05, 0.1) is 6.20 Å². The monoisotopic (exact) mass is 297 g/mol. The van der Waals surface area contributed by atoms with Gasteiger partial charge in [-0.1, -0.05) is 19.3 Å². The van der Waals surface area contributed by atoms with Crippen LogP contribution in [0.3, 0.4) is 0 Å². The molecule has 1 saturated carbocycles. The highest BCUT2D eigenvalue weighted by Crippen LogP contribution is 2.31. The predicted molar refractivity (Wildman–Crippen MR) is 84.3 cm³/mol. The summed E-state index contributed by atoms with van der Waals surface area (Å²) in [5, 5.41) is 6.90. The van der Waals surface area contributed by atoms with Gasteiger partial charge in [0.15, 0.2) is 0 Å². The van der Waals surface area contributed by atoms with Crippen molar-refractivity contribution in [3.05, 3.63) is 41.2 Å². The maximum atomic E-state index is 4.91. The van der Waals surface area contributed by atoms with E-state index in [0.29, 0.717) is 5.92 Å². The van der Waals surface area contributed by atoms with Gasteiger partial charge in [0.25, 0.3) is 0 Å². The molecule has 0 unspecified atom stereocenters. The van der Waals surface area contributed by atoms with E-state index in [1.165, 1.54) is 48.9 Å². The second-order valence-corrected chi connectivity index (χ2v) is 6.60. The van der Waals surface area contributed by atoms with Crippen molar-refractivity contribution in [1.82, 2.24) is 25.1 Å². The molecule has 2 aliphatic rings. The highest BCUT2D eigenvalue weighted by atomic mass is 15.1. The summed E-state index contributed by atoms with van der Waals surface area (Å²) in [6.45, 7) is 2.96. The molecule has 1 aliphatic carbocycles. The van der Waals surface area contributed by atoms with Gasteiger partial charge in [0, 0.05) is 61.2 Å². The van der Waals surface area contributed by atoms with Crippen LogP contribution in [0.5, 0.6) is 0 Å². The van der Waals surface area contributed by atoms with Crippen LogP contribution in [0.1, 0.15) is 60.7 Å². The molecule has 116 valence electrons. The summed E-state index contributed by atoms with van der Waals surface area (Å²) in [5.74, 6) is 1.70. The van der Waals surface area contributed by atoms with Crippen molar-refractivity contribution in [1.29, 1.82) is 0 Å². The maximum absolute atomic E-state index is 4.91. The zero-order valence-corrected chi connectivity index (χ0v) is 13.0. The molecular weight excluding hydrogens is 274 g/mol. The minimum Gasteiger partial charge on any atom is -0.294 e. The Morgan fingerprint density at radius 3 is 2.91 bits per heavy atom. The van der Waals surface area contributed by atoms with Crippen molar-refractivity contribution in [2.45, 2.75) is 57.5 Å². The zero-order valence-electron chi connectivity index (χ0n) is 13.0. The number of fused-ring (bicyclic) bond motifs is 1. The van der Waals surface area contributed by atoms with E-state index in [1.807, 2.05) is 12.4 Å². The van der Waals surface area contributed by atoms with Crippen LogP contribution in [-0.2, 0) is 19.5 Å². The highest BCUT2D eigenvalue weighted by Gasteiger charge is 2.22. The summed E-state index contributed by atoms with van der Waals surface area (Å²) < 4.78 is 0. The van der Waals surface area contributed by atoms with Crippen LogP contribution in [0.15, 0.2) is 18.6 Å². The number of rotatable bonds is 3. The number of H-pyrrole nitrogens is 1. The predicted octanol–water partition coefficient (Wildman–Crippen LogP) is 2.81. The molecule has 1 fully saturated rings. The van der Waals surface area contributed by atoms with E-state index < -0.39 is 0 Å². The van der Waals surface area contributed by atoms with Crippen molar-refractivity contribution in [3.63, 3.8) is 0 Å². The van der Waals surface area contributed by atoms with E-state index in [-0.39, 0.29) is 0 Å². The minimum atomic E-state index is 0.600. The Labute approximate surface area is 131 Å². The summed E-state index contributed by atoms with van der Waals surface area (Å²) in [6, 6.07) is 0. The van der Waals surface area contributed by atoms with Gasteiger partial charge in [-0.3, -0.25) is 10.00 Å². The van der Waals surface area contributed by atoms with Gasteiger partial charge in [-0.2, -0.15) is 5.10 Å². The molecule has 2 aromatic rings. The first-order chi connectivity index (χ1) is 10.9. The first-order valence-corrected chi connectivity index (χ1v) is 8.43. The Morgan fingerprint density at radius 1 is 1.18 bits per heavy atom. The summed E-state index contributed by atoms with van der Waals surface area (Å²) in [5.41, 5.74) is 3.82. The number of hydrogen-bond acceptors (Lipinski definition) is 4. The Hall–Kier alpha value is -1.75. The topological polar surface area (TPSA) is 57.7 Å². The molecule has 5 nitrogen and oxygen atoms in total. The lowest BCUT2D eigenvalue weighted by molar-refractivity contribution is 0.242. The largest absolute Gasteiger partial charge is 0.294 e. The van der Waals surface area contributed by atoms with E-state index in [4.69, 9.17) is 9.97 Å². The van der Waals surface area contributed by atoms with Gasteiger partial charge in [0.1, 0.15) is 5.82 Å². The standard InChI is InChI=1S/C17H23N5/c1-2-4-14(5-3-1)17-18-10-15-12-22(7-6-16(15)21-17)11-13-8-19-20-9-13/h8-10,14H,1-7,11-12H2,(H,19,20). The lowest BCUT2D eigenvalue weighted by Gasteiger charge is -2.28. The van der Waals surface area contributed by atoms with E-state index in [2.05, 4.69) is 21.3 Å². The van der Waals surface area contributed by atoms with Crippen LogP contribution < -0.4 is 0 Å². The Morgan fingerprint density at radius 2 is 2.09 bits per heavy atom. The Balaban J connectivity index is 1.46. The normalized spacial score (nSPS) is 20.0. The van der Waals surface area contributed by atoms with Crippen molar-refractivity contribution >= 4 is 0 Å². The number of nitrogens with zero attached hydrogens (tertiary/aromatic N) is 4. The van der Waals surface area contributed by atoms with Gasteiger partial charge in [-0.15, -0.1) is 0 Å². The second-order valence-electron chi connectivity index (χ2n) is 6.60. The van der Waals surface area contributed by atoms with Gasteiger partial charge in [0.2, 0.25) is 0 Å². The van der Waals surface area contributed by atoms with Crippen LogP contribution in [-0.4, -0.2) is 31.6 Å². The molecule has 3 heterocycles. The van der Waals surface area contributed by atoms with Crippen molar-refractivity contribution in [2.75, 3.05) is 6.54 Å². The second kappa shape index (κ2) is 6.16. The van der Waals surface area contributed by atoms with Gasteiger partial charge >= 0.3 is 0 Å². The first kappa shape index (κ1) is 13.9. The van der Waals surface area contributed by atoms with Gasteiger partial charge < -0.3 is 0 Å². The molecule has 0 saturated heterocycles. The molecule has 0 spiro atoms. The smallest absolute Gasteiger partial charge is 0.131 e. The fourth-order valence-corrected chi connectivity index (χ4v) is 3.70. The molecule has 0 bridgehead atoms. The highest BCUT2D eigenvalue weighted by molar-refractivity contribution is 5.22. The first-order valence-electron chi connectivity index (χ1n) is 8.43. The number of aromatic nitrogens is 4. The van der Waals surface area contributed by atoms with Crippen LogP contribution >= 0.6 is 0 Å². The third-order valence-electron chi connectivity index (χ3n) is 4.96. The van der Waals surface area contributed by atoms with E-state index in [0.717, 1.165) is 31.9 Å². The third kappa shape index (κ3) is 2.90. The summed E-state index contributed by atoms with van der Waals surface area (Å²) in [6.07, 6.45) is 13.6. The third-order valence-corrected chi connectivity index (χ3v) is 4.96. The fourth-order valence-electron chi connectivity index (χ4n) is 3.70. The molecule has 2 aromatic heterocycles. The average Bonchev–Trinajstić information content (AvgIpc) is 3.08. The maximum Gasteiger partial charge on any atom is 0.131 e. The van der Waals surface area contributed by atoms with E-state index >= 15 is 0 Å².